The quantitative estimate of drug-likeness (QED) is 0.807. The van der Waals surface area contributed by atoms with E-state index in [9.17, 15) is 9.59 Å². The minimum atomic E-state index is -0.556. The normalized spacial score (nSPS) is 14.8. The van der Waals surface area contributed by atoms with Gasteiger partial charge in [0.1, 0.15) is 11.1 Å². The molecule has 1 heterocycles. The molecule has 0 N–H and O–H groups in total. The summed E-state index contributed by atoms with van der Waals surface area (Å²) in [7, 11) is 0. The van der Waals surface area contributed by atoms with E-state index in [1.54, 1.807) is 23.1 Å². The zero-order valence-corrected chi connectivity index (χ0v) is 11.6. The molecular weight excluding hydrogens is 254 g/mol. The molecule has 0 saturated heterocycles. The van der Waals surface area contributed by atoms with E-state index in [0.29, 0.717) is 5.58 Å². The van der Waals surface area contributed by atoms with Crippen LogP contribution >= 0.6 is 0 Å². The van der Waals surface area contributed by atoms with Crippen molar-refractivity contribution in [2.45, 2.75) is 38.8 Å². The van der Waals surface area contributed by atoms with Crippen LogP contribution in [0, 0.1) is 0 Å². The van der Waals surface area contributed by atoms with Crippen LogP contribution in [-0.4, -0.2) is 22.9 Å². The smallest absolute Gasteiger partial charge is 0.349 e. The van der Waals surface area contributed by atoms with Crippen LogP contribution in [0.25, 0.3) is 11.0 Å². The van der Waals surface area contributed by atoms with Crippen LogP contribution < -0.4 is 5.63 Å². The Morgan fingerprint density at radius 3 is 2.65 bits per heavy atom. The maximum absolute atomic E-state index is 12.6. The number of amides is 1. The van der Waals surface area contributed by atoms with Crippen molar-refractivity contribution >= 4 is 16.9 Å². The van der Waals surface area contributed by atoms with Crippen molar-refractivity contribution in [1.82, 2.24) is 4.90 Å². The molecule has 1 saturated carbocycles. The van der Waals surface area contributed by atoms with E-state index in [2.05, 4.69) is 0 Å². The van der Waals surface area contributed by atoms with Gasteiger partial charge in [-0.05, 0) is 38.8 Å². The zero-order valence-electron chi connectivity index (χ0n) is 11.6. The summed E-state index contributed by atoms with van der Waals surface area (Å²) in [6.45, 7) is 3.94. The Bertz CT molecular complexity index is 711. The van der Waals surface area contributed by atoms with Gasteiger partial charge in [-0.3, -0.25) is 4.79 Å². The summed E-state index contributed by atoms with van der Waals surface area (Å²) in [5, 5.41) is 0.773. The van der Waals surface area contributed by atoms with Crippen LogP contribution in [0.1, 0.15) is 37.0 Å². The van der Waals surface area contributed by atoms with Crippen LogP contribution in [0.15, 0.2) is 39.5 Å². The fourth-order valence-corrected chi connectivity index (χ4v) is 2.52. The molecule has 4 nitrogen and oxygen atoms in total. The van der Waals surface area contributed by atoms with Crippen molar-refractivity contribution in [1.29, 1.82) is 0 Å². The molecule has 0 unspecified atom stereocenters. The highest BCUT2D eigenvalue weighted by atomic mass is 16.4. The Morgan fingerprint density at radius 1 is 1.30 bits per heavy atom. The largest absolute Gasteiger partial charge is 0.422 e. The summed E-state index contributed by atoms with van der Waals surface area (Å²) >= 11 is 0. The van der Waals surface area contributed by atoms with Gasteiger partial charge in [-0.1, -0.05) is 18.2 Å². The minimum Gasteiger partial charge on any atom is -0.422 e. The summed E-state index contributed by atoms with van der Waals surface area (Å²) in [6.07, 6.45) is 2.03. The van der Waals surface area contributed by atoms with Crippen LogP contribution in [0.4, 0.5) is 0 Å². The fourth-order valence-electron chi connectivity index (χ4n) is 2.52. The standard InChI is InChI=1S/C16H17NO3/c1-10(2)17(12-7-8-12)15(18)13-9-11-5-3-4-6-14(11)20-16(13)19/h3-6,9-10,12H,7-8H2,1-2H3. The van der Waals surface area contributed by atoms with Gasteiger partial charge < -0.3 is 9.32 Å². The fraction of sp³-hybridized carbons (Fsp3) is 0.375. The first kappa shape index (κ1) is 12.9. The number of nitrogens with zero attached hydrogens (tertiary/aromatic N) is 1. The highest BCUT2D eigenvalue weighted by Gasteiger charge is 2.35. The van der Waals surface area contributed by atoms with Crippen LogP contribution in [0.2, 0.25) is 0 Å². The molecule has 0 bridgehead atoms. The van der Waals surface area contributed by atoms with Crippen LogP contribution in [0.5, 0.6) is 0 Å². The molecular formula is C16H17NO3. The summed E-state index contributed by atoms with van der Waals surface area (Å²) in [5.41, 5.74) is 0.0841. The van der Waals surface area contributed by atoms with Gasteiger partial charge >= 0.3 is 5.63 Å². The monoisotopic (exact) mass is 271 g/mol. The molecule has 0 aliphatic heterocycles. The molecule has 0 radical (unpaired) electrons. The van der Waals surface area contributed by atoms with Crippen molar-refractivity contribution in [2.75, 3.05) is 0 Å². The number of para-hydroxylation sites is 1. The first-order valence-corrected chi connectivity index (χ1v) is 6.93. The number of benzene rings is 1. The number of hydrogen-bond donors (Lipinski definition) is 0. The van der Waals surface area contributed by atoms with Crippen LogP contribution in [0.3, 0.4) is 0 Å². The van der Waals surface area contributed by atoms with Crippen LogP contribution in [-0.2, 0) is 0 Å². The molecule has 0 atom stereocenters. The molecule has 1 aliphatic carbocycles. The van der Waals surface area contributed by atoms with Gasteiger partial charge in [0.2, 0.25) is 0 Å². The second-order valence-electron chi connectivity index (χ2n) is 5.52. The third-order valence-corrected chi connectivity index (χ3v) is 3.60. The number of fused-ring (bicyclic) bond motifs is 1. The number of rotatable bonds is 3. The molecule has 104 valence electrons. The summed E-state index contributed by atoms with van der Waals surface area (Å²) in [5.74, 6) is -0.220. The van der Waals surface area contributed by atoms with E-state index in [0.717, 1.165) is 18.2 Å². The molecule has 1 fully saturated rings. The zero-order chi connectivity index (χ0) is 14.3. The summed E-state index contributed by atoms with van der Waals surface area (Å²) in [6, 6.07) is 9.23. The third kappa shape index (κ3) is 2.22. The first-order valence-electron chi connectivity index (χ1n) is 6.93. The molecule has 1 aromatic carbocycles. The van der Waals surface area contributed by atoms with Gasteiger partial charge in [-0.15, -0.1) is 0 Å². The average molecular weight is 271 g/mol. The molecule has 4 heteroatoms. The van der Waals surface area contributed by atoms with Crippen molar-refractivity contribution in [3.63, 3.8) is 0 Å². The van der Waals surface area contributed by atoms with E-state index in [1.165, 1.54) is 0 Å². The first-order chi connectivity index (χ1) is 9.58. The van der Waals surface area contributed by atoms with Gasteiger partial charge in [-0.2, -0.15) is 0 Å². The topological polar surface area (TPSA) is 50.5 Å². The summed E-state index contributed by atoms with van der Waals surface area (Å²) < 4.78 is 5.24. The maximum Gasteiger partial charge on any atom is 0.349 e. The van der Waals surface area contributed by atoms with Crippen molar-refractivity contribution in [3.05, 3.63) is 46.3 Å². The number of hydrogen-bond acceptors (Lipinski definition) is 3. The molecule has 0 spiro atoms. The number of carbonyl (C=O) groups excluding carboxylic acids is 1. The van der Waals surface area contributed by atoms with E-state index in [-0.39, 0.29) is 23.6 Å². The Labute approximate surface area is 117 Å². The second-order valence-corrected chi connectivity index (χ2v) is 5.52. The lowest BCUT2D eigenvalue weighted by atomic mass is 10.1. The molecule has 1 amide bonds. The summed E-state index contributed by atoms with van der Waals surface area (Å²) in [4.78, 5) is 26.4. The molecule has 20 heavy (non-hydrogen) atoms. The average Bonchev–Trinajstić information content (AvgIpc) is 3.22. The van der Waals surface area contributed by atoms with Crippen molar-refractivity contribution in [2.24, 2.45) is 0 Å². The van der Waals surface area contributed by atoms with E-state index in [4.69, 9.17) is 4.42 Å². The lowest BCUT2D eigenvalue weighted by molar-refractivity contribution is 0.0686. The lowest BCUT2D eigenvalue weighted by Gasteiger charge is -2.26. The Balaban J connectivity index is 2.06. The van der Waals surface area contributed by atoms with E-state index in [1.807, 2.05) is 26.0 Å². The molecule has 1 aromatic heterocycles. The third-order valence-electron chi connectivity index (χ3n) is 3.60. The number of carbonyl (C=O) groups is 1. The Kier molecular flexibility index (Phi) is 3.08. The van der Waals surface area contributed by atoms with Crippen molar-refractivity contribution < 1.29 is 9.21 Å². The molecule has 2 aromatic rings. The van der Waals surface area contributed by atoms with Gasteiger partial charge in [0.05, 0.1) is 0 Å². The highest BCUT2D eigenvalue weighted by Crippen LogP contribution is 2.30. The predicted molar refractivity (Wildman–Crippen MR) is 76.8 cm³/mol. The van der Waals surface area contributed by atoms with Gasteiger partial charge in [0.15, 0.2) is 0 Å². The molecule has 3 rings (SSSR count). The second kappa shape index (κ2) is 4.78. The van der Waals surface area contributed by atoms with Crippen molar-refractivity contribution in [3.8, 4) is 0 Å². The predicted octanol–water partition coefficient (Wildman–Crippen LogP) is 2.81. The van der Waals surface area contributed by atoms with Gasteiger partial charge in [0, 0.05) is 17.5 Å². The maximum atomic E-state index is 12.6. The van der Waals surface area contributed by atoms with Gasteiger partial charge in [0.25, 0.3) is 5.91 Å². The Morgan fingerprint density at radius 2 is 2.00 bits per heavy atom. The Hall–Kier alpha value is -2.10. The highest BCUT2D eigenvalue weighted by molar-refractivity contribution is 5.97. The SMILES string of the molecule is CC(C)N(C(=O)c1cc2ccccc2oc1=O)C1CC1. The molecule has 1 aliphatic rings. The lowest BCUT2D eigenvalue weighted by Crippen LogP contribution is -2.40. The minimum absolute atomic E-state index is 0.0841. The van der Waals surface area contributed by atoms with Gasteiger partial charge in [-0.25, -0.2) is 4.79 Å². The van der Waals surface area contributed by atoms with E-state index >= 15 is 0 Å². The van der Waals surface area contributed by atoms with E-state index < -0.39 is 5.63 Å².